The predicted molar refractivity (Wildman–Crippen MR) is 88.5 cm³/mol. The van der Waals surface area contributed by atoms with Crippen LogP contribution in [0.5, 0.6) is 0 Å². The first-order chi connectivity index (χ1) is 10.8. The number of nitrogens with two attached hydrogens (primary N) is 1. The zero-order valence-electron chi connectivity index (χ0n) is 13.7. The SMILES string of the molecule is CC(C)CC(C)(CN)NC(=O)c1ccc(-c2ccccc2F)o1. The summed E-state index contributed by atoms with van der Waals surface area (Å²) >= 11 is 0. The summed E-state index contributed by atoms with van der Waals surface area (Å²) in [5, 5.41) is 2.92. The highest BCUT2D eigenvalue weighted by Gasteiger charge is 2.27. The number of benzene rings is 1. The molecule has 1 atom stereocenters. The van der Waals surface area contributed by atoms with Crippen LogP contribution in [-0.2, 0) is 0 Å². The Morgan fingerprint density at radius 1 is 1.30 bits per heavy atom. The Morgan fingerprint density at radius 3 is 2.61 bits per heavy atom. The van der Waals surface area contributed by atoms with Crippen molar-refractivity contribution in [2.75, 3.05) is 6.54 Å². The highest BCUT2D eigenvalue weighted by molar-refractivity contribution is 5.92. The highest BCUT2D eigenvalue weighted by atomic mass is 19.1. The Bertz CT molecular complexity index is 681. The number of amides is 1. The van der Waals surface area contributed by atoms with Gasteiger partial charge in [0.15, 0.2) is 5.76 Å². The molecular formula is C18H23FN2O2. The van der Waals surface area contributed by atoms with Gasteiger partial charge in [0.2, 0.25) is 0 Å². The molecule has 0 spiro atoms. The average Bonchev–Trinajstić information content (AvgIpc) is 2.96. The third-order valence-corrected chi connectivity index (χ3v) is 3.69. The van der Waals surface area contributed by atoms with E-state index in [1.807, 2.05) is 6.92 Å². The quantitative estimate of drug-likeness (QED) is 0.855. The maximum Gasteiger partial charge on any atom is 0.287 e. The van der Waals surface area contributed by atoms with Crippen LogP contribution < -0.4 is 11.1 Å². The van der Waals surface area contributed by atoms with E-state index in [0.717, 1.165) is 6.42 Å². The molecule has 1 aromatic heterocycles. The number of carbonyl (C=O) groups is 1. The third-order valence-electron chi connectivity index (χ3n) is 3.69. The van der Waals surface area contributed by atoms with Crippen molar-refractivity contribution in [3.8, 4) is 11.3 Å². The molecule has 4 nitrogen and oxygen atoms in total. The van der Waals surface area contributed by atoms with Gasteiger partial charge in [-0.15, -0.1) is 0 Å². The average molecular weight is 318 g/mol. The van der Waals surface area contributed by atoms with Gasteiger partial charge >= 0.3 is 0 Å². The largest absolute Gasteiger partial charge is 0.451 e. The van der Waals surface area contributed by atoms with Crippen LogP contribution in [0.4, 0.5) is 4.39 Å². The van der Waals surface area contributed by atoms with E-state index in [0.29, 0.717) is 23.8 Å². The summed E-state index contributed by atoms with van der Waals surface area (Å²) in [6.45, 7) is 6.38. The lowest BCUT2D eigenvalue weighted by atomic mass is 9.90. The van der Waals surface area contributed by atoms with Crippen molar-refractivity contribution in [1.29, 1.82) is 0 Å². The van der Waals surface area contributed by atoms with Gasteiger partial charge in [0.25, 0.3) is 5.91 Å². The maximum atomic E-state index is 13.8. The fraction of sp³-hybridized carbons (Fsp3) is 0.389. The number of halogens is 1. The molecule has 2 rings (SSSR count). The molecule has 0 bridgehead atoms. The first kappa shape index (κ1) is 17.2. The number of nitrogens with one attached hydrogen (secondary N) is 1. The van der Waals surface area contributed by atoms with E-state index in [2.05, 4.69) is 19.2 Å². The second-order valence-corrected chi connectivity index (χ2v) is 6.46. The van der Waals surface area contributed by atoms with Gasteiger partial charge in [0.1, 0.15) is 11.6 Å². The Morgan fingerprint density at radius 2 is 2.00 bits per heavy atom. The van der Waals surface area contributed by atoms with Crippen LogP contribution in [0.2, 0.25) is 0 Å². The third kappa shape index (κ3) is 4.20. The fourth-order valence-electron chi connectivity index (χ4n) is 2.69. The van der Waals surface area contributed by atoms with Gasteiger partial charge in [-0.1, -0.05) is 26.0 Å². The van der Waals surface area contributed by atoms with Crippen molar-refractivity contribution in [3.05, 3.63) is 48.0 Å². The normalized spacial score (nSPS) is 13.8. The summed E-state index contributed by atoms with van der Waals surface area (Å²) in [6.07, 6.45) is 0.760. The van der Waals surface area contributed by atoms with Crippen molar-refractivity contribution in [3.63, 3.8) is 0 Å². The lowest BCUT2D eigenvalue weighted by molar-refractivity contribution is 0.0870. The minimum atomic E-state index is -0.504. The molecular weight excluding hydrogens is 295 g/mol. The second-order valence-electron chi connectivity index (χ2n) is 6.46. The van der Waals surface area contributed by atoms with Gasteiger partial charge in [-0.2, -0.15) is 0 Å². The molecule has 23 heavy (non-hydrogen) atoms. The predicted octanol–water partition coefficient (Wildman–Crippen LogP) is 3.58. The lowest BCUT2D eigenvalue weighted by Crippen LogP contribution is -2.52. The van der Waals surface area contributed by atoms with Crippen molar-refractivity contribution in [1.82, 2.24) is 5.32 Å². The Hall–Kier alpha value is -2.14. The Balaban J connectivity index is 2.17. The van der Waals surface area contributed by atoms with E-state index in [1.54, 1.807) is 30.3 Å². The van der Waals surface area contributed by atoms with E-state index in [1.165, 1.54) is 6.07 Å². The number of furan rings is 1. The molecule has 0 aliphatic carbocycles. The highest BCUT2D eigenvalue weighted by Crippen LogP contribution is 2.25. The van der Waals surface area contributed by atoms with Crippen molar-refractivity contribution >= 4 is 5.91 Å². The van der Waals surface area contributed by atoms with Gasteiger partial charge in [0.05, 0.1) is 11.1 Å². The molecule has 1 heterocycles. The number of rotatable bonds is 6. The van der Waals surface area contributed by atoms with Gasteiger partial charge in [0, 0.05) is 6.54 Å². The molecule has 0 saturated carbocycles. The minimum absolute atomic E-state index is 0.145. The molecule has 0 radical (unpaired) electrons. The van der Waals surface area contributed by atoms with Crippen LogP contribution in [0.1, 0.15) is 37.7 Å². The van der Waals surface area contributed by atoms with E-state index in [4.69, 9.17) is 10.2 Å². The molecule has 0 saturated heterocycles. The van der Waals surface area contributed by atoms with Crippen molar-refractivity contribution < 1.29 is 13.6 Å². The Labute approximate surface area is 135 Å². The molecule has 5 heteroatoms. The van der Waals surface area contributed by atoms with Crippen molar-refractivity contribution in [2.24, 2.45) is 11.7 Å². The molecule has 3 N–H and O–H groups in total. The van der Waals surface area contributed by atoms with E-state index in [9.17, 15) is 9.18 Å². The van der Waals surface area contributed by atoms with Crippen molar-refractivity contribution in [2.45, 2.75) is 32.7 Å². The number of hydrogen-bond donors (Lipinski definition) is 2. The maximum absolute atomic E-state index is 13.8. The summed E-state index contributed by atoms with van der Waals surface area (Å²) in [4.78, 5) is 12.4. The summed E-state index contributed by atoms with van der Waals surface area (Å²) in [5.74, 6) is 0.134. The molecule has 0 fully saturated rings. The van der Waals surface area contributed by atoms with Gasteiger partial charge in [-0.3, -0.25) is 4.79 Å². The van der Waals surface area contributed by atoms with Crippen LogP contribution in [-0.4, -0.2) is 18.0 Å². The minimum Gasteiger partial charge on any atom is -0.451 e. The lowest BCUT2D eigenvalue weighted by Gasteiger charge is -2.30. The van der Waals surface area contributed by atoms with Crippen LogP contribution in [0.3, 0.4) is 0 Å². The van der Waals surface area contributed by atoms with E-state index < -0.39 is 5.54 Å². The zero-order chi connectivity index (χ0) is 17.0. The van der Waals surface area contributed by atoms with E-state index >= 15 is 0 Å². The van der Waals surface area contributed by atoms with Gasteiger partial charge < -0.3 is 15.5 Å². The summed E-state index contributed by atoms with van der Waals surface area (Å²) < 4.78 is 19.3. The first-order valence-electron chi connectivity index (χ1n) is 7.72. The molecule has 124 valence electrons. The molecule has 1 unspecified atom stereocenters. The Kier molecular flexibility index (Phi) is 5.21. The molecule has 0 aliphatic heterocycles. The summed E-state index contributed by atoms with van der Waals surface area (Å²) in [5.41, 5.74) is 5.63. The summed E-state index contributed by atoms with van der Waals surface area (Å²) in [7, 11) is 0. The molecule has 0 aliphatic rings. The smallest absolute Gasteiger partial charge is 0.287 e. The van der Waals surface area contributed by atoms with Crippen LogP contribution in [0.25, 0.3) is 11.3 Å². The van der Waals surface area contributed by atoms with Crippen LogP contribution >= 0.6 is 0 Å². The molecule has 1 aromatic carbocycles. The number of carbonyl (C=O) groups excluding carboxylic acids is 1. The summed E-state index contributed by atoms with van der Waals surface area (Å²) in [6, 6.07) is 9.42. The number of hydrogen-bond acceptors (Lipinski definition) is 3. The fourth-order valence-corrected chi connectivity index (χ4v) is 2.69. The standard InChI is InChI=1S/C18H23FN2O2/c1-12(2)10-18(3,11-20)21-17(22)16-9-8-15(23-16)13-6-4-5-7-14(13)19/h4-9,12H,10-11,20H2,1-3H3,(H,21,22). The zero-order valence-corrected chi connectivity index (χ0v) is 13.7. The van der Waals surface area contributed by atoms with Gasteiger partial charge in [-0.05, 0) is 43.5 Å². The molecule has 1 amide bonds. The monoisotopic (exact) mass is 318 g/mol. The second kappa shape index (κ2) is 6.96. The topological polar surface area (TPSA) is 68.3 Å². The van der Waals surface area contributed by atoms with E-state index in [-0.39, 0.29) is 17.5 Å². The molecule has 2 aromatic rings. The van der Waals surface area contributed by atoms with Crippen LogP contribution in [0.15, 0.2) is 40.8 Å². The van der Waals surface area contributed by atoms with Crippen LogP contribution in [0, 0.1) is 11.7 Å². The first-order valence-corrected chi connectivity index (χ1v) is 7.72. The van der Waals surface area contributed by atoms with Gasteiger partial charge in [-0.25, -0.2) is 4.39 Å².